The second-order valence-electron chi connectivity index (χ2n) is 9.26. The van der Waals surface area contributed by atoms with Crippen molar-refractivity contribution < 1.29 is 13.9 Å². The van der Waals surface area contributed by atoms with Crippen molar-refractivity contribution in [2.75, 3.05) is 40.0 Å². The van der Waals surface area contributed by atoms with Crippen molar-refractivity contribution in [3.05, 3.63) is 0 Å². The molecule has 0 aromatic rings. The Kier molecular flexibility index (Phi) is 16.2. The molecule has 0 saturated carbocycles. The van der Waals surface area contributed by atoms with Crippen LogP contribution in [0.1, 0.15) is 103 Å². The summed E-state index contributed by atoms with van der Waals surface area (Å²) in [6, 6.07) is 0. The summed E-state index contributed by atoms with van der Waals surface area (Å²) in [5, 5.41) is 0. The van der Waals surface area contributed by atoms with Gasteiger partial charge in [0.2, 0.25) is 7.37 Å². The van der Waals surface area contributed by atoms with Gasteiger partial charge in [-0.25, -0.2) is 0 Å². The molecule has 0 fully saturated rings. The Labute approximate surface area is 165 Å². The summed E-state index contributed by atoms with van der Waals surface area (Å²) in [7, 11) is 3.53. The summed E-state index contributed by atoms with van der Waals surface area (Å²) < 4.78 is 13.0. The van der Waals surface area contributed by atoms with Crippen molar-refractivity contribution in [2.45, 2.75) is 103 Å². The van der Waals surface area contributed by atoms with Crippen LogP contribution in [0.3, 0.4) is 0 Å². The maximum absolute atomic E-state index is 12.2. The van der Waals surface area contributed by atoms with Crippen LogP contribution in [0.5, 0.6) is 0 Å². The van der Waals surface area contributed by atoms with Gasteiger partial charge in [0.15, 0.2) is 0 Å². The SMILES string of the molecule is CCCCCCCCCCCCCCCCP(=O)(O)CCC[N+](C)(C)C. The largest absolute Gasteiger partial charge is 0.344 e. The number of quaternary nitrogens is 1. The van der Waals surface area contributed by atoms with Crippen LogP contribution in [0.2, 0.25) is 0 Å². The van der Waals surface area contributed by atoms with Crippen molar-refractivity contribution in [2.24, 2.45) is 0 Å². The maximum atomic E-state index is 12.2. The average molecular weight is 391 g/mol. The Balaban J connectivity index is 3.33. The summed E-state index contributed by atoms with van der Waals surface area (Å²) in [6.45, 7) is 3.25. The van der Waals surface area contributed by atoms with E-state index >= 15 is 0 Å². The summed E-state index contributed by atoms with van der Waals surface area (Å²) in [5.74, 6) is 0. The van der Waals surface area contributed by atoms with Gasteiger partial charge >= 0.3 is 0 Å². The van der Waals surface area contributed by atoms with E-state index in [0.29, 0.717) is 12.3 Å². The zero-order valence-corrected chi connectivity index (χ0v) is 19.4. The van der Waals surface area contributed by atoms with Gasteiger partial charge < -0.3 is 9.38 Å². The Hall–Kier alpha value is 0.150. The number of nitrogens with zero attached hydrogens (tertiary/aromatic N) is 1. The van der Waals surface area contributed by atoms with Crippen LogP contribution < -0.4 is 0 Å². The molecular formula is C22H49NO2P+. The third-order valence-electron chi connectivity index (χ3n) is 5.20. The van der Waals surface area contributed by atoms with E-state index in [1.807, 2.05) is 0 Å². The number of hydrogen-bond acceptors (Lipinski definition) is 1. The van der Waals surface area contributed by atoms with Gasteiger partial charge in [0.1, 0.15) is 0 Å². The van der Waals surface area contributed by atoms with Crippen molar-refractivity contribution >= 4 is 7.37 Å². The molecule has 0 aromatic carbocycles. The molecule has 0 saturated heterocycles. The summed E-state index contributed by atoms with van der Waals surface area (Å²) in [4.78, 5) is 10.1. The van der Waals surface area contributed by atoms with Crippen molar-refractivity contribution in [1.82, 2.24) is 0 Å². The van der Waals surface area contributed by atoms with Gasteiger partial charge in [-0.15, -0.1) is 0 Å². The molecule has 0 spiro atoms. The summed E-state index contributed by atoms with van der Waals surface area (Å²) >= 11 is 0. The van der Waals surface area contributed by atoms with E-state index in [1.54, 1.807) is 0 Å². The Morgan fingerprint density at radius 1 is 0.615 bits per heavy atom. The molecule has 1 unspecified atom stereocenters. The molecule has 1 N–H and O–H groups in total. The lowest BCUT2D eigenvalue weighted by atomic mass is 10.0. The van der Waals surface area contributed by atoms with Crippen LogP contribution in [0, 0.1) is 0 Å². The number of hydrogen-bond donors (Lipinski definition) is 1. The molecule has 0 aliphatic rings. The van der Waals surface area contributed by atoms with Crippen LogP contribution >= 0.6 is 7.37 Å². The Bertz CT molecular complexity index is 353. The first kappa shape index (κ1) is 26.1. The molecule has 0 bridgehead atoms. The minimum absolute atomic E-state index is 0.501. The molecule has 1 atom stereocenters. The van der Waals surface area contributed by atoms with Gasteiger partial charge in [-0.1, -0.05) is 90.4 Å². The first-order valence-corrected chi connectivity index (χ1v) is 13.4. The fourth-order valence-electron chi connectivity index (χ4n) is 3.46. The van der Waals surface area contributed by atoms with Gasteiger partial charge in [-0.2, -0.15) is 0 Å². The van der Waals surface area contributed by atoms with Crippen LogP contribution in [-0.2, 0) is 4.57 Å². The van der Waals surface area contributed by atoms with E-state index < -0.39 is 7.37 Å². The number of unbranched alkanes of at least 4 members (excludes halogenated alkanes) is 13. The molecule has 0 aromatic heterocycles. The van der Waals surface area contributed by atoms with E-state index in [4.69, 9.17) is 0 Å². The highest BCUT2D eigenvalue weighted by molar-refractivity contribution is 7.57. The molecule has 3 nitrogen and oxygen atoms in total. The second kappa shape index (κ2) is 16.1. The molecule has 158 valence electrons. The minimum atomic E-state index is -2.87. The topological polar surface area (TPSA) is 37.3 Å². The molecule has 0 heterocycles. The monoisotopic (exact) mass is 390 g/mol. The molecule has 0 amide bonds. The lowest BCUT2D eigenvalue weighted by Gasteiger charge is -2.24. The molecule has 26 heavy (non-hydrogen) atoms. The van der Waals surface area contributed by atoms with Crippen LogP contribution in [0.4, 0.5) is 0 Å². The Morgan fingerprint density at radius 2 is 0.962 bits per heavy atom. The van der Waals surface area contributed by atoms with Crippen molar-refractivity contribution in [3.8, 4) is 0 Å². The standard InChI is InChI=1S/C22H48NO2P/c1-5-6-7-8-9-10-11-12-13-14-15-16-17-18-21-26(24,25)22-19-20-23(2,3)4/h5-22H2,1-4H3/p+1. The normalized spacial score (nSPS) is 14.5. The van der Waals surface area contributed by atoms with Gasteiger partial charge in [0.25, 0.3) is 0 Å². The summed E-state index contributed by atoms with van der Waals surface area (Å²) in [6.07, 6.45) is 20.4. The maximum Gasteiger partial charge on any atom is 0.200 e. The van der Waals surface area contributed by atoms with E-state index in [2.05, 4.69) is 28.1 Å². The first-order chi connectivity index (χ1) is 12.3. The first-order valence-electron chi connectivity index (χ1n) is 11.4. The van der Waals surface area contributed by atoms with Crippen LogP contribution in [0.25, 0.3) is 0 Å². The quantitative estimate of drug-likeness (QED) is 0.149. The van der Waals surface area contributed by atoms with Gasteiger partial charge in [0, 0.05) is 18.7 Å². The predicted molar refractivity (Wildman–Crippen MR) is 117 cm³/mol. The van der Waals surface area contributed by atoms with E-state index in [0.717, 1.165) is 30.3 Å². The lowest BCUT2D eigenvalue weighted by Crippen LogP contribution is -2.35. The van der Waals surface area contributed by atoms with E-state index in [9.17, 15) is 9.46 Å². The zero-order chi connectivity index (χ0) is 19.7. The number of rotatable bonds is 19. The molecule has 0 aliphatic heterocycles. The van der Waals surface area contributed by atoms with Gasteiger partial charge in [-0.05, 0) is 6.42 Å². The highest BCUT2D eigenvalue weighted by Crippen LogP contribution is 2.42. The zero-order valence-electron chi connectivity index (χ0n) is 18.5. The summed E-state index contributed by atoms with van der Waals surface area (Å²) in [5.41, 5.74) is 0. The molecule has 4 heteroatoms. The van der Waals surface area contributed by atoms with Crippen molar-refractivity contribution in [1.29, 1.82) is 0 Å². The fourth-order valence-corrected chi connectivity index (χ4v) is 5.03. The minimum Gasteiger partial charge on any atom is -0.344 e. The van der Waals surface area contributed by atoms with Gasteiger partial charge in [0.05, 0.1) is 27.7 Å². The smallest absolute Gasteiger partial charge is 0.200 e. The third-order valence-corrected chi connectivity index (χ3v) is 7.23. The highest BCUT2D eigenvalue weighted by Gasteiger charge is 2.18. The lowest BCUT2D eigenvalue weighted by molar-refractivity contribution is -0.870. The van der Waals surface area contributed by atoms with E-state index in [1.165, 1.54) is 77.0 Å². The predicted octanol–water partition coefficient (Wildman–Crippen LogP) is 6.83. The third kappa shape index (κ3) is 20.5. The Morgan fingerprint density at radius 3 is 1.35 bits per heavy atom. The van der Waals surface area contributed by atoms with Gasteiger partial charge in [-0.3, -0.25) is 4.57 Å². The molecule has 0 rings (SSSR count). The highest BCUT2D eigenvalue weighted by atomic mass is 31.2. The fraction of sp³-hybridized carbons (Fsp3) is 1.00. The van der Waals surface area contributed by atoms with Crippen molar-refractivity contribution in [3.63, 3.8) is 0 Å². The van der Waals surface area contributed by atoms with Crippen LogP contribution in [-0.4, -0.2) is 49.4 Å². The molecule has 0 aliphatic carbocycles. The molecular weight excluding hydrogens is 341 g/mol. The van der Waals surface area contributed by atoms with E-state index in [-0.39, 0.29) is 0 Å². The molecule has 0 radical (unpaired) electrons. The van der Waals surface area contributed by atoms with Crippen LogP contribution in [0.15, 0.2) is 0 Å². The second-order valence-corrected chi connectivity index (χ2v) is 11.8. The average Bonchev–Trinajstić information content (AvgIpc) is 2.53.